The summed E-state index contributed by atoms with van der Waals surface area (Å²) >= 11 is 0. The van der Waals surface area contributed by atoms with Crippen LogP contribution in [-0.2, 0) is 0 Å². The Morgan fingerprint density at radius 3 is 2.11 bits per heavy atom. The van der Waals surface area contributed by atoms with Crippen LogP contribution in [0.1, 0.15) is 10.4 Å². The highest BCUT2D eigenvalue weighted by Gasteiger charge is 2.03. The van der Waals surface area contributed by atoms with Gasteiger partial charge >= 0.3 is 0 Å². The third-order valence-corrected chi connectivity index (χ3v) is 2.93. The number of aldehydes is 1. The molecule has 0 heterocycles. The smallest absolute Gasteiger partial charge is 0.152 e. The molecule has 0 aliphatic rings. The zero-order valence-electron chi connectivity index (χ0n) is 10.6. The number of benzene rings is 2. The Morgan fingerprint density at radius 2 is 1.61 bits per heavy atom. The van der Waals surface area contributed by atoms with Crippen molar-refractivity contribution in [2.45, 2.75) is 0 Å². The third-order valence-electron chi connectivity index (χ3n) is 2.93. The predicted molar refractivity (Wildman–Crippen MR) is 76.0 cm³/mol. The lowest BCUT2D eigenvalue weighted by atomic mass is 10.0. The van der Waals surface area contributed by atoms with Gasteiger partial charge in [-0.25, -0.2) is 0 Å². The van der Waals surface area contributed by atoms with Crippen LogP contribution in [0.3, 0.4) is 0 Å². The van der Waals surface area contributed by atoms with Crippen molar-refractivity contribution in [1.82, 2.24) is 0 Å². The van der Waals surface area contributed by atoms with Crippen LogP contribution in [0.5, 0.6) is 0 Å². The van der Waals surface area contributed by atoms with Crippen LogP contribution < -0.4 is 10.6 Å². The van der Waals surface area contributed by atoms with Gasteiger partial charge in [0.25, 0.3) is 0 Å². The number of nitrogens with two attached hydrogens (primary N) is 1. The average Bonchev–Trinajstić information content (AvgIpc) is 2.38. The Bertz CT molecular complexity index is 559. The van der Waals surface area contributed by atoms with Crippen molar-refractivity contribution in [3.05, 3.63) is 48.0 Å². The van der Waals surface area contributed by atoms with E-state index in [4.69, 9.17) is 5.73 Å². The maximum atomic E-state index is 10.7. The molecule has 0 unspecified atom stereocenters. The molecule has 2 rings (SSSR count). The zero-order chi connectivity index (χ0) is 13.1. The molecule has 0 radical (unpaired) electrons. The lowest BCUT2D eigenvalue weighted by molar-refractivity contribution is 0.112. The minimum absolute atomic E-state index is 0.513. The van der Waals surface area contributed by atoms with Crippen LogP contribution in [-0.4, -0.2) is 20.4 Å². The fourth-order valence-electron chi connectivity index (χ4n) is 1.81. The van der Waals surface area contributed by atoms with Crippen molar-refractivity contribution in [3.8, 4) is 11.1 Å². The monoisotopic (exact) mass is 240 g/mol. The summed E-state index contributed by atoms with van der Waals surface area (Å²) in [4.78, 5) is 12.8. The van der Waals surface area contributed by atoms with E-state index >= 15 is 0 Å². The van der Waals surface area contributed by atoms with E-state index in [9.17, 15) is 4.79 Å². The van der Waals surface area contributed by atoms with Crippen LogP contribution in [0, 0.1) is 0 Å². The number of hydrogen-bond acceptors (Lipinski definition) is 3. The lowest BCUT2D eigenvalue weighted by Crippen LogP contribution is -2.07. The molecule has 0 aromatic heterocycles. The minimum atomic E-state index is 0.513. The van der Waals surface area contributed by atoms with Crippen LogP contribution in [0.2, 0.25) is 0 Å². The average molecular weight is 240 g/mol. The van der Waals surface area contributed by atoms with Gasteiger partial charge in [-0.15, -0.1) is 0 Å². The van der Waals surface area contributed by atoms with Crippen molar-refractivity contribution in [2.24, 2.45) is 0 Å². The summed E-state index contributed by atoms with van der Waals surface area (Å²) in [7, 11) is 4.01. The molecule has 3 heteroatoms. The number of carbonyl (C=O) groups is 1. The van der Waals surface area contributed by atoms with Gasteiger partial charge < -0.3 is 10.6 Å². The number of nitrogen functional groups attached to an aromatic ring is 1. The molecule has 0 bridgehead atoms. The SMILES string of the molecule is CN(C)c1ccc(-c2ccc(C=O)c(N)c2)cc1. The zero-order valence-corrected chi connectivity index (χ0v) is 10.6. The minimum Gasteiger partial charge on any atom is -0.398 e. The lowest BCUT2D eigenvalue weighted by Gasteiger charge is -2.13. The molecule has 2 aromatic rings. The van der Waals surface area contributed by atoms with E-state index in [0.717, 1.165) is 23.1 Å². The van der Waals surface area contributed by atoms with E-state index in [1.54, 1.807) is 6.07 Å². The molecular formula is C15H16N2O. The van der Waals surface area contributed by atoms with Gasteiger partial charge in [-0.1, -0.05) is 18.2 Å². The summed E-state index contributed by atoms with van der Waals surface area (Å²) in [6, 6.07) is 13.7. The number of hydrogen-bond donors (Lipinski definition) is 1. The molecule has 18 heavy (non-hydrogen) atoms. The first kappa shape index (κ1) is 12.2. The molecule has 0 atom stereocenters. The van der Waals surface area contributed by atoms with Gasteiger partial charge in [0, 0.05) is 31.0 Å². The molecule has 0 saturated heterocycles. The Morgan fingerprint density at radius 1 is 1.00 bits per heavy atom. The first-order chi connectivity index (χ1) is 8.61. The van der Waals surface area contributed by atoms with E-state index < -0.39 is 0 Å². The van der Waals surface area contributed by atoms with Crippen LogP contribution in [0.25, 0.3) is 11.1 Å². The number of anilines is 2. The van der Waals surface area contributed by atoms with Crippen LogP contribution >= 0.6 is 0 Å². The summed E-state index contributed by atoms with van der Waals surface area (Å²) in [6.45, 7) is 0. The van der Waals surface area contributed by atoms with Crippen molar-refractivity contribution in [3.63, 3.8) is 0 Å². The second-order valence-corrected chi connectivity index (χ2v) is 4.40. The Balaban J connectivity index is 2.36. The fourth-order valence-corrected chi connectivity index (χ4v) is 1.81. The summed E-state index contributed by atoms with van der Waals surface area (Å²) < 4.78 is 0. The Labute approximate surface area is 107 Å². The largest absolute Gasteiger partial charge is 0.398 e. The van der Waals surface area contributed by atoms with E-state index in [1.165, 1.54) is 0 Å². The molecular weight excluding hydrogens is 224 g/mol. The normalized spacial score (nSPS) is 10.1. The van der Waals surface area contributed by atoms with Crippen molar-refractivity contribution in [1.29, 1.82) is 0 Å². The van der Waals surface area contributed by atoms with Gasteiger partial charge in [-0.05, 0) is 35.4 Å². The summed E-state index contributed by atoms with van der Waals surface area (Å²) in [5.74, 6) is 0. The number of nitrogens with zero attached hydrogens (tertiary/aromatic N) is 1. The van der Waals surface area contributed by atoms with E-state index in [0.29, 0.717) is 11.3 Å². The molecule has 3 nitrogen and oxygen atoms in total. The third kappa shape index (κ3) is 2.35. The highest BCUT2D eigenvalue weighted by atomic mass is 16.1. The number of carbonyl (C=O) groups excluding carboxylic acids is 1. The molecule has 0 fully saturated rings. The predicted octanol–water partition coefficient (Wildman–Crippen LogP) is 2.81. The van der Waals surface area contributed by atoms with Gasteiger partial charge in [-0.3, -0.25) is 4.79 Å². The topological polar surface area (TPSA) is 46.3 Å². The fraction of sp³-hybridized carbons (Fsp3) is 0.133. The molecule has 0 spiro atoms. The van der Waals surface area contributed by atoms with Crippen molar-refractivity contribution < 1.29 is 4.79 Å². The molecule has 0 amide bonds. The molecule has 92 valence electrons. The van der Waals surface area contributed by atoms with Crippen LogP contribution in [0.4, 0.5) is 11.4 Å². The molecule has 0 saturated carbocycles. The Hall–Kier alpha value is -2.29. The Kier molecular flexibility index (Phi) is 3.33. The van der Waals surface area contributed by atoms with Gasteiger partial charge in [0.15, 0.2) is 6.29 Å². The number of rotatable bonds is 3. The van der Waals surface area contributed by atoms with Crippen molar-refractivity contribution in [2.75, 3.05) is 24.7 Å². The van der Waals surface area contributed by atoms with Gasteiger partial charge in [0.05, 0.1) is 0 Å². The van der Waals surface area contributed by atoms with E-state index in [1.807, 2.05) is 43.3 Å². The van der Waals surface area contributed by atoms with E-state index in [2.05, 4.69) is 12.1 Å². The standard InChI is InChI=1S/C15H16N2O/c1-17(2)14-7-5-11(6-8-14)12-3-4-13(10-18)15(16)9-12/h3-10H,16H2,1-2H3. The molecule has 2 N–H and O–H groups in total. The molecule has 0 aliphatic heterocycles. The second-order valence-electron chi connectivity index (χ2n) is 4.40. The van der Waals surface area contributed by atoms with Crippen molar-refractivity contribution >= 4 is 17.7 Å². The summed E-state index contributed by atoms with van der Waals surface area (Å²) in [6.07, 6.45) is 0.772. The van der Waals surface area contributed by atoms with Gasteiger partial charge in [0.2, 0.25) is 0 Å². The summed E-state index contributed by atoms with van der Waals surface area (Å²) in [5.41, 5.74) is 10.1. The maximum Gasteiger partial charge on any atom is 0.152 e. The maximum absolute atomic E-state index is 10.7. The first-order valence-corrected chi connectivity index (χ1v) is 5.74. The van der Waals surface area contributed by atoms with Crippen LogP contribution in [0.15, 0.2) is 42.5 Å². The molecule has 0 aliphatic carbocycles. The van der Waals surface area contributed by atoms with E-state index in [-0.39, 0.29) is 0 Å². The summed E-state index contributed by atoms with van der Waals surface area (Å²) in [5, 5.41) is 0. The first-order valence-electron chi connectivity index (χ1n) is 5.74. The quantitative estimate of drug-likeness (QED) is 0.663. The second kappa shape index (κ2) is 4.92. The van der Waals surface area contributed by atoms with Gasteiger partial charge in [-0.2, -0.15) is 0 Å². The highest BCUT2D eigenvalue weighted by molar-refractivity contribution is 5.85. The molecule has 2 aromatic carbocycles. The van der Waals surface area contributed by atoms with Gasteiger partial charge in [0.1, 0.15) is 0 Å². The highest BCUT2D eigenvalue weighted by Crippen LogP contribution is 2.25.